The topological polar surface area (TPSA) is 66.0 Å². The van der Waals surface area contributed by atoms with Gasteiger partial charge in [-0.05, 0) is 18.2 Å². The van der Waals surface area contributed by atoms with E-state index in [0.29, 0.717) is 30.1 Å². The number of methoxy groups -OCH3 is 1. The molecule has 0 saturated heterocycles. The summed E-state index contributed by atoms with van der Waals surface area (Å²) < 4.78 is 10.1. The number of rotatable bonds is 4. The van der Waals surface area contributed by atoms with Gasteiger partial charge in [-0.1, -0.05) is 0 Å². The average molecular weight is 202 g/mol. The van der Waals surface area contributed by atoms with Gasteiger partial charge in [0.05, 0.1) is 17.7 Å². The number of nitrogens with zero attached hydrogens (tertiary/aromatic N) is 2. The van der Waals surface area contributed by atoms with Gasteiger partial charge in [0.15, 0.2) is 0 Å². The van der Waals surface area contributed by atoms with Crippen molar-refractivity contribution < 1.29 is 9.47 Å². The summed E-state index contributed by atoms with van der Waals surface area (Å²) in [6.45, 7) is 0.912. The van der Waals surface area contributed by atoms with Crippen molar-refractivity contribution >= 4 is 0 Å². The van der Waals surface area contributed by atoms with Crippen LogP contribution in [0.25, 0.3) is 0 Å². The van der Waals surface area contributed by atoms with Gasteiger partial charge in [0, 0.05) is 7.11 Å². The Morgan fingerprint density at radius 1 is 1.13 bits per heavy atom. The van der Waals surface area contributed by atoms with Crippen molar-refractivity contribution in [2.45, 2.75) is 0 Å². The minimum absolute atomic E-state index is 0.326. The summed E-state index contributed by atoms with van der Waals surface area (Å²) in [5.41, 5.74) is 0.684. The van der Waals surface area contributed by atoms with Crippen molar-refractivity contribution in [1.82, 2.24) is 0 Å². The van der Waals surface area contributed by atoms with Gasteiger partial charge in [0.2, 0.25) is 0 Å². The maximum absolute atomic E-state index is 8.76. The van der Waals surface area contributed by atoms with Gasteiger partial charge in [-0.2, -0.15) is 10.5 Å². The lowest BCUT2D eigenvalue weighted by Crippen LogP contribution is -2.04. The second kappa shape index (κ2) is 5.64. The summed E-state index contributed by atoms with van der Waals surface area (Å²) in [5, 5.41) is 17.5. The van der Waals surface area contributed by atoms with Crippen molar-refractivity contribution in [3.63, 3.8) is 0 Å². The third-order valence-electron chi connectivity index (χ3n) is 1.79. The predicted molar refractivity (Wildman–Crippen MR) is 53.2 cm³/mol. The van der Waals surface area contributed by atoms with Crippen LogP contribution in [0.1, 0.15) is 11.1 Å². The minimum Gasteiger partial charge on any atom is -0.491 e. The highest BCUT2D eigenvalue weighted by Crippen LogP contribution is 2.16. The van der Waals surface area contributed by atoms with E-state index in [4.69, 9.17) is 20.0 Å². The highest BCUT2D eigenvalue weighted by molar-refractivity contribution is 5.49. The molecule has 0 amide bonds. The van der Waals surface area contributed by atoms with E-state index in [1.165, 1.54) is 0 Å². The first-order valence-electron chi connectivity index (χ1n) is 4.37. The third-order valence-corrected chi connectivity index (χ3v) is 1.79. The molecule has 0 aliphatic rings. The molecule has 0 atom stereocenters. The molecule has 0 aliphatic heterocycles. The highest BCUT2D eigenvalue weighted by atomic mass is 16.5. The Bertz CT molecular complexity index is 416. The molecule has 1 rings (SSSR count). The Morgan fingerprint density at radius 3 is 2.47 bits per heavy atom. The fourth-order valence-corrected chi connectivity index (χ4v) is 1.05. The maximum Gasteiger partial charge on any atom is 0.120 e. The molecule has 0 fully saturated rings. The second-order valence-corrected chi connectivity index (χ2v) is 2.77. The van der Waals surface area contributed by atoms with Crippen molar-refractivity contribution in [3.05, 3.63) is 29.3 Å². The fourth-order valence-electron chi connectivity index (χ4n) is 1.05. The summed E-state index contributed by atoms with van der Waals surface area (Å²) in [5.74, 6) is 0.572. The average Bonchev–Trinajstić information content (AvgIpc) is 2.29. The molecule has 0 aromatic heterocycles. The maximum atomic E-state index is 8.76. The van der Waals surface area contributed by atoms with Crippen LogP contribution in [0.3, 0.4) is 0 Å². The van der Waals surface area contributed by atoms with Crippen molar-refractivity contribution in [1.29, 1.82) is 10.5 Å². The molecule has 1 aromatic carbocycles. The fraction of sp³-hybridized carbons (Fsp3) is 0.273. The molecule has 4 nitrogen and oxygen atoms in total. The Morgan fingerprint density at radius 2 is 1.87 bits per heavy atom. The molecule has 76 valence electrons. The molecule has 0 bridgehead atoms. The molecule has 1 aromatic rings. The van der Waals surface area contributed by atoms with E-state index >= 15 is 0 Å². The molecule has 0 aliphatic carbocycles. The van der Waals surface area contributed by atoms with Gasteiger partial charge in [-0.15, -0.1) is 0 Å². The van der Waals surface area contributed by atoms with Crippen LogP contribution in [-0.2, 0) is 4.74 Å². The lowest BCUT2D eigenvalue weighted by molar-refractivity contribution is 0.146. The predicted octanol–water partition coefficient (Wildman–Crippen LogP) is 1.46. The van der Waals surface area contributed by atoms with Crippen molar-refractivity contribution in [2.24, 2.45) is 0 Å². The Balaban J connectivity index is 2.77. The van der Waals surface area contributed by atoms with Gasteiger partial charge in [0.1, 0.15) is 24.5 Å². The van der Waals surface area contributed by atoms with Crippen LogP contribution in [0.4, 0.5) is 0 Å². The molecule has 0 unspecified atom stereocenters. The standard InChI is InChI=1S/C11H10N2O2/c1-14-4-5-15-11-3-2-9(7-12)10(6-11)8-13/h2-3,6H,4-5H2,1H3. The van der Waals surface area contributed by atoms with Crippen LogP contribution in [0.15, 0.2) is 18.2 Å². The van der Waals surface area contributed by atoms with Crippen LogP contribution in [0.2, 0.25) is 0 Å². The Hall–Kier alpha value is -2.04. The smallest absolute Gasteiger partial charge is 0.120 e. The third kappa shape index (κ3) is 2.98. The van der Waals surface area contributed by atoms with Gasteiger partial charge in [-0.3, -0.25) is 0 Å². The van der Waals surface area contributed by atoms with Crippen molar-refractivity contribution in [2.75, 3.05) is 20.3 Å². The zero-order valence-electron chi connectivity index (χ0n) is 8.36. The molecule has 0 heterocycles. The zero-order chi connectivity index (χ0) is 11.1. The van der Waals surface area contributed by atoms with E-state index in [2.05, 4.69) is 0 Å². The van der Waals surface area contributed by atoms with Crippen molar-refractivity contribution in [3.8, 4) is 17.9 Å². The summed E-state index contributed by atoms with van der Waals surface area (Å²) >= 11 is 0. The first-order chi connectivity index (χ1) is 7.31. The Kier molecular flexibility index (Phi) is 4.15. The number of ether oxygens (including phenoxy) is 2. The molecule has 0 radical (unpaired) electrons. The lowest BCUT2D eigenvalue weighted by Gasteiger charge is -2.05. The van der Waals surface area contributed by atoms with E-state index in [1.807, 2.05) is 12.1 Å². The summed E-state index contributed by atoms with van der Waals surface area (Å²) in [4.78, 5) is 0. The summed E-state index contributed by atoms with van der Waals surface area (Å²) in [7, 11) is 1.59. The highest BCUT2D eigenvalue weighted by Gasteiger charge is 2.03. The number of hydrogen-bond donors (Lipinski definition) is 0. The van der Waals surface area contributed by atoms with Crippen LogP contribution in [0.5, 0.6) is 5.75 Å². The Labute approximate surface area is 88.3 Å². The monoisotopic (exact) mass is 202 g/mol. The number of benzene rings is 1. The second-order valence-electron chi connectivity index (χ2n) is 2.77. The molecule has 0 N–H and O–H groups in total. The van der Waals surface area contributed by atoms with E-state index in [9.17, 15) is 0 Å². The molecule has 0 spiro atoms. The van der Waals surface area contributed by atoms with Crippen LogP contribution < -0.4 is 4.74 Å². The molecular formula is C11H10N2O2. The molecule has 0 saturated carbocycles. The molecule has 15 heavy (non-hydrogen) atoms. The number of hydrogen-bond acceptors (Lipinski definition) is 4. The summed E-state index contributed by atoms with van der Waals surface area (Å²) in [6.07, 6.45) is 0. The van der Waals surface area contributed by atoms with Gasteiger partial charge in [0.25, 0.3) is 0 Å². The minimum atomic E-state index is 0.326. The summed E-state index contributed by atoms with van der Waals surface area (Å²) in [6, 6.07) is 8.66. The first kappa shape index (κ1) is 11.0. The first-order valence-corrected chi connectivity index (χ1v) is 4.37. The number of nitriles is 2. The van der Waals surface area contributed by atoms with Crippen LogP contribution >= 0.6 is 0 Å². The van der Waals surface area contributed by atoms with E-state index < -0.39 is 0 Å². The van der Waals surface area contributed by atoms with Gasteiger partial charge >= 0.3 is 0 Å². The molecular weight excluding hydrogens is 192 g/mol. The largest absolute Gasteiger partial charge is 0.491 e. The van der Waals surface area contributed by atoms with Gasteiger partial charge < -0.3 is 9.47 Å². The zero-order valence-corrected chi connectivity index (χ0v) is 8.36. The molecule has 4 heteroatoms. The van der Waals surface area contributed by atoms with Gasteiger partial charge in [-0.25, -0.2) is 0 Å². The SMILES string of the molecule is COCCOc1ccc(C#N)c(C#N)c1. The van der Waals surface area contributed by atoms with E-state index in [1.54, 1.807) is 25.3 Å². The lowest BCUT2D eigenvalue weighted by atomic mass is 10.1. The normalized spacial score (nSPS) is 9.00. The van der Waals surface area contributed by atoms with E-state index in [0.717, 1.165) is 0 Å². The van der Waals surface area contributed by atoms with Crippen LogP contribution in [-0.4, -0.2) is 20.3 Å². The van der Waals surface area contributed by atoms with E-state index in [-0.39, 0.29) is 0 Å². The van der Waals surface area contributed by atoms with Crippen LogP contribution in [0, 0.1) is 22.7 Å². The quantitative estimate of drug-likeness (QED) is 0.693.